The Labute approximate surface area is 118 Å². The van der Waals surface area contributed by atoms with Crippen molar-refractivity contribution in [3.63, 3.8) is 0 Å². The van der Waals surface area contributed by atoms with Gasteiger partial charge in [-0.2, -0.15) is 0 Å². The molecule has 0 radical (unpaired) electrons. The standard InChI is InChI=1S/C14H10FN3OS/c15-10-6-7-11-12(8-10)20-14(16-11)18-17-13(19)9-4-2-1-3-5-9/h1-8H,(H,16,18)(H,17,19). The minimum Gasteiger partial charge on any atom is -0.273 e. The lowest BCUT2D eigenvalue weighted by molar-refractivity contribution is 0.0962. The van der Waals surface area contributed by atoms with Crippen LogP contribution in [0.3, 0.4) is 0 Å². The second kappa shape index (κ2) is 5.26. The summed E-state index contributed by atoms with van der Waals surface area (Å²) in [5.41, 5.74) is 6.53. The van der Waals surface area contributed by atoms with Crippen LogP contribution in [0.1, 0.15) is 10.4 Å². The lowest BCUT2D eigenvalue weighted by Crippen LogP contribution is -2.29. The number of amides is 1. The maximum absolute atomic E-state index is 13.1. The highest BCUT2D eigenvalue weighted by atomic mass is 32.1. The Morgan fingerprint density at radius 1 is 1.15 bits per heavy atom. The first-order chi connectivity index (χ1) is 9.72. The third kappa shape index (κ3) is 2.60. The van der Waals surface area contributed by atoms with E-state index in [2.05, 4.69) is 15.8 Å². The highest BCUT2D eigenvalue weighted by Gasteiger charge is 2.07. The van der Waals surface area contributed by atoms with Crippen LogP contribution in [0.2, 0.25) is 0 Å². The molecule has 0 aliphatic carbocycles. The van der Waals surface area contributed by atoms with Crippen molar-refractivity contribution in [2.24, 2.45) is 0 Å². The number of halogens is 1. The van der Waals surface area contributed by atoms with E-state index in [4.69, 9.17) is 0 Å². The van der Waals surface area contributed by atoms with Crippen molar-refractivity contribution in [3.05, 3.63) is 59.9 Å². The minimum atomic E-state index is -0.305. The van der Waals surface area contributed by atoms with Gasteiger partial charge in [-0.05, 0) is 30.3 Å². The van der Waals surface area contributed by atoms with E-state index in [1.54, 1.807) is 30.3 Å². The molecule has 4 nitrogen and oxygen atoms in total. The number of nitrogens with zero attached hydrogens (tertiary/aromatic N) is 1. The van der Waals surface area contributed by atoms with Gasteiger partial charge >= 0.3 is 0 Å². The molecule has 0 aliphatic rings. The van der Waals surface area contributed by atoms with Crippen LogP contribution in [0.15, 0.2) is 48.5 Å². The molecule has 0 fully saturated rings. The summed E-state index contributed by atoms with van der Waals surface area (Å²) in [6, 6.07) is 13.2. The first-order valence-electron chi connectivity index (χ1n) is 5.90. The van der Waals surface area contributed by atoms with Gasteiger partial charge in [0.25, 0.3) is 5.91 Å². The van der Waals surface area contributed by atoms with Crippen molar-refractivity contribution in [1.82, 2.24) is 10.4 Å². The number of hydrogen-bond donors (Lipinski definition) is 2. The van der Waals surface area contributed by atoms with Crippen LogP contribution >= 0.6 is 11.3 Å². The maximum Gasteiger partial charge on any atom is 0.269 e. The molecule has 3 rings (SSSR count). The van der Waals surface area contributed by atoms with Gasteiger partial charge in [-0.15, -0.1) is 0 Å². The summed E-state index contributed by atoms with van der Waals surface area (Å²) >= 11 is 1.27. The molecule has 0 saturated heterocycles. The number of hydrazine groups is 1. The summed E-state index contributed by atoms with van der Waals surface area (Å²) in [7, 11) is 0. The highest BCUT2D eigenvalue weighted by Crippen LogP contribution is 2.25. The van der Waals surface area contributed by atoms with Gasteiger partial charge in [-0.25, -0.2) is 9.37 Å². The molecule has 2 N–H and O–H groups in total. The summed E-state index contributed by atoms with van der Waals surface area (Å²) in [5.74, 6) is -0.558. The number of fused-ring (bicyclic) bond motifs is 1. The molecule has 0 saturated carbocycles. The van der Waals surface area contributed by atoms with Crippen LogP contribution in [0.25, 0.3) is 10.2 Å². The Hall–Kier alpha value is -2.47. The third-order valence-electron chi connectivity index (χ3n) is 2.67. The number of rotatable bonds is 3. The van der Waals surface area contributed by atoms with E-state index in [0.29, 0.717) is 16.2 Å². The molecule has 1 aromatic heterocycles. The Balaban J connectivity index is 1.72. The lowest BCUT2D eigenvalue weighted by Gasteiger charge is -2.04. The number of hydrogen-bond acceptors (Lipinski definition) is 4. The Morgan fingerprint density at radius 3 is 2.75 bits per heavy atom. The van der Waals surface area contributed by atoms with Gasteiger partial charge in [0, 0.05) is 5.56 Å². The molecule has 20 heavy (non-hydrogen) atoms. The van der Waals surface area contributed by atoms with Crippen molar-refractivity contribution in [2.75, 3.05) is 5.43 Å². The fraction of sp³-hybridized carbons (Fsp3) is 0. The normalized spacial score (nSPS) is 10.4. The summed E-state index contributed by atoms with van der Waals surface area (Å²) in [6.45, 7) is 0. The van der Waals surface area contributed by atoms with E-state index >= 15 is 0 Å². The van der Waals surface area contributed by atoms with Crippen LogP contribution in [0, 0.1) is 5.82 Å². The molecule has 1 heterocycles. The van der Waals surface area contributed by atoms with Crippen LogP contribution < -0.4 is 10.9 Å². The van der Waals surface area contributed by atoms with E-state index in [9.17, 15) is 9.18 Å². The van der Waals surface area contributed by atoms with E-state index in [-0.39, 0.29) is 11.7 Å². The number of nitrogens with one attached hydrogen (secondary N) is 2. The first-order valence-corrected chi connectivity index (χ1v) is 6.71. The molecule has 0 aliphatic heterocycles. The van der Waals surface area contributed by atoms with Gasteiger partial charge in [-0.3, -0.25) is 15.6 Å². The van der Waals surface area contributed by atoms with E-state index in [1.165, 1.54) is 23.5 Å². The summed E-state index contributed by atoms with van der Waals surface area (Å²) in [5, 5.41) is 0.509. The topological polar surface area (TPSA) is 54.0 Å². The van der Waals surface area contributed by atoms with Gasteiger partial charge in [0.05, 0.1) is 10.2 Å². The van der Waals surface area contributed by atoms with Gasteiger partial charge in [-0.1, -0.05) is 29.5 Å². The molecule has 100 valence electrons. The van der Waals surface area contributed by atoms with Gasteiger partial charge in [0.2, 0.25) is 5.13 Å². The predicted octanol–water partition coefficient (Wildman–Crippen LogP) is 3.19. The first kappa shape index (κ1) is 12.6. The molecule has 2 aromatic carbocycles. The van der Waals surface area contributed by atoms with Crippen molar-refractivity contribution in [2.45, 2.75) is 0 Å². The number of carbonyl (C=O) groups is 1. The number of anilines is 1. The largest absolute Gasteiger partial charge is 0.273 e. The molecule has 0 atom stereocenters. The van der Waals surface area contributed by atoms with Crippen molar-refractivity contribution >= 4 is 32.6 Å². The van der Waals surface area contributed by atoms with Crippen LogP contribution in [-0.4, -0.2) is 10.9 Å². The molecule has 0 unspecified atom stereocenters. The van der Waals surface area contributed by atoms with Crippen molar-refractivity contribution in [3.8, 4) is 0 Å². The van der Waals surface area contributed by atoms with E-state index in [1.807, 2.05) is 6.07 Å². The Kier molecular flexibility index (Phi) is 3.30. The number of aromatic nitrogens is 1. The maximum atomic E-state index is 13.1. The number of benzene rings is 2. The fourth-order valence-electron chi connectivity index (χ4n) is 1.72. The van der Waals surface area contributed by atoms with Crippen LogP contribution in [0.5, 0.6) is 0 Å². The predicted molar refractivity (Wildman–Crippen MR) is 77.1 cm³/mol. The van der Waals surface area contributed by atoms with Crippen LogP contribution in [0.4, 0.5) is 9.52 Å². The molecule has 0 spiro atoms. The zero-order chi connectivity index (χ0) is 13.9. The summed E-state index contributed by atoms with van der Waals surface area (Å²) in [4.78, 5) is 16.1. The van der Waals surface area contributed by atoms with Gasteiger partial charge in [0.15, 0.2) is 0 Å². The highest BCUT2D eigenvalue weighted by molar-refractivity contribution is 7.22. The summed E-state index contributed by atoms with van der Waals surface area (Å²) < 4.78 is 13.8. The van der Waals surface area contributed by atoms with Crippen molar-refractivity contribution in [1.29, 1.82) is 0 Å². The monoisotopic (exact) mass is 287 g/mol. The lowest BCUT2D eigenvalue weighted by atomic mass is 10.2. The summed E-state index contributed by atoms with van der Waals surface area (Å²) in [6.07, 6.45) is 0. The van der Waals surface area contributed by atoms with E-state index < -0.39 is 0 Å². The van der Waals surface area contributed by atoms with Gasteiger partial charge in [0.1, 0.15) is 5.82 Å². The molecule has 6 heteroatoms. The van der Waals surface area contributed by atoms with Crippen molar-refractivity contribution < 1.29 is 9.18 Å². The minimum absolute atomic E-state index is 0.254. The Bertz CT molecular complexity index is 757. The quantitative estimate of drug-likeness (QED) is 0.727. The number of thiazole rings is 1. The zero-order valence-electron chi connectivity index (χ0n) is 10.3. The number of carbonyl (C=O) groups excluding carboxylic acids is 1. The second-order valence-electron chi connectivity index (χ2n) is 4.08. The fourth-order valence-corrected chi connectivity index (χ4v) is 2.57. The molecule has 1 amide bonds. The van der Waals surface area contributed by atoms with E-state index in [0.717, 1.165) is 4.70 Å². The Morgan fingerprint density at radius 2 is 1.95 bits per heavy atom. The second-order valence-corrected chi connectivity index (χ2v) is 5.11. The van der Waals surface area contributed by atoms with Gasteiger partial charge < -0.3 is 0 Å². The molecule has 3 aromatic rings. The van der Waals surface area contributed by atoms with Crippen LogP contribution in [-0.2, 0) is 0 Å². The zero-order valence-corrected chi connectivity index (χ0v) is 11.1. The molecular formula is C14H10FN3OS. The average molecular weight is 287 g/mol. The molecular weight excluding hydrogens is 277 g/mol. The smallest absolute Gasteiger partial charge is 0.269 e. The average Bonchev–Trinajstić information content (AvgIpc) is 2.87. The third-order valence-corrected chi connectivity index (χ3v) is 3.60. The SMILES string of the molecule is O=C(NNc1nc2ccc(F)cc2s1)c1ccccc1. The molecule has 0 bridgehead atoms.